The first-order valence-electron chi connectivity index (χ1n) is 11.3. The molecule has 1 aromatic carbocycles. The summed E-state index contributed by atoms with van der Waals surface area (Å²) < 4.78 is 0. The van der Waals surface area contributed by atoms with Gasteiger partial charge in [0.2, 0.25) is 11.8 Å². The zero-order valence-corrected chi connectivity index (χ0v) is 19.6. The second kappa shape index (κ2) is 11.2. The molecule has 1 fully saturated rings. The van der Waals surface area contributed by atoms with Crippen molar-refractivity contribution in [2.45, 2.75) is 77.9 Å². The minimum atomic E-state index is -0.667. The fraction of sp³-hybridized carbons (Fsp3) is 0.625. The summed E-state index contributed by atoms with van der Waals surface area (Å²) in [6.45, 7) is 11.2. The average molecular weight is 431 g/mol. The number of amides is 4. The number of carbonyl (C=O) groups excluding carboxylic acids is 3. The second-order valence-electron chi connectivity index (χ2n) is 9.41. The average Bonchev–Trinajstić information content (AvgIpc) is 2.70. The van der Waals surface area contributed by atoms with E-state index in [2.05, 4.69) is 17.6 Å². The molecule has 1 heterocycles. The number of carbonyl (C=O) groups is 3. The highest BCUT2D eigenvalue weighted by Crippen LogP contribution is 2.15. The molecule has 0 radical (unpaired) electrons. The highest BCUT2D eigenvalue weighted by atomic mass is 16.2. The molecule has 1 aromatic rings. The molecule has 0 spiro atoms. The normalized spacial score (nSPS) is 17.8. The van der Waals surface area contributed by atoms with E-state index < -0.39 is 11.6 Å². The Morgan fingerprint density at radius 1 is 1.13 bits per heavy atom. The number of unbranched alkanes of at least 4 members (excludes halogenated alkanes) is 1. The molecule has 0 aliphatic carbocycles. The van der Waals surface area contributed by atoms with Crippen molar-refractivity contribution in [1.82, 2.24) is 20.4 Å². The highest BCUT2D eigenvalue weighted by molar-refractivity contribution is 5.88. The fourth-order valence-electron chi connectivity index (χ4n) is 3.81. The first kappa shape index (κ1) is 24.7. The van der Waals surface area contributed by atoms with Crippen molar-refractivity contribution in [3.8, 4) is 0 Å². The molecular formula is C24H38N4O3. The number of hydrogen-bond acceptors (Lipinski definition) is 3. The first-order valence-corrected chi connectivity index (χ1v) is 11.3. The van der Waals surface area contributed by atoms with Crippen LogP contribution in [0.3, 0.4) is 0 Å². The number of benzene rings is 1. The molecule has 2 rings (SSSR count). The van der Waals surface area contributed by atoms with Crippen LogP contribution in [0.25, 0.3) is 0 Å². The van der Waals surface area contributed by atoms with Gasteiger partial charge in [-0.05, 0) is 39.7 Å². The Kier molecular flexibility index (Phi) is 8.89. The SMILES string of the molecule is CCCCC(=O)N1CCN(C(=O)[C@H](Cc2ccccc2)NC(=O)NC(C)(C)C)C[C@@H]1C. The van der Waals surface area contributed by atoms with E-state index in [1.165, 1.54) is 0 Å². The van der Waals surface area contributed by atoms with E-state index in [4.69, 9.17) is 0 Å². The summed E-state index contributed by atoms with van der Waals surface area (Å²) in [5.74, 6) is 0.0467. The Morgan fingerprint density at radius 3 is 2.39 bits per heavy atom. The van der Waals surface area contributed by atoms with E-state index in [0.717, 1.165) is 18.4 Å². The predicted octanol–water partition coefficient (Wildman–Crippen LogP) is 2.94. The highest BCUT2D eigenvalue weighted by Gasteiger charge is 2.33. The summed E-state index contributed by atoms with van der Waals surface area (Å²) in [5, 5.41) is 5.74. The van der Waals surface area contributed by atoms with Crippen molar-refractivity contribution in [2.24, 2.45) is 0 Å². The lowest BCUT2D eigenvalue weighted by Gasteiger charge is -2.41. The van der Waals surface area contributed by atoms with E-state index in [9.17, 15) is 14.4 Å². The maximum atomic E-state index is 13.4. The van der Waals surface area contributed by atoms with E-state index in [1.54, 1.807) is 4.90 Å². The lowest BCUT2D eigenvalue weighted by atomic mass is 10.0. The van der Waals surface area contributed by atoms with Gasteiger partial charge in [0.25, 0.3) is 0 Å². The second-order valence-corrected chi connectivity index (χ2v) is 9.41. The van der Waals surface area contributed by atoms with Crippen molar-refractivity contribution in [1.29, 1.82) is 0 Å². The summed E-state index contributed by atoms with van der Waals surface area (Å²) in [5.41, 5.74) is 0.585. The molecule has 1 saturated heterocycles. The Balaban J connectivity index is 2.08. The summed E-state index contributed by atoms with van der Waals surface area (Å²) >= 11 is 0. The Bertz CT molecular complexity index is 745. The molecule has 2 N–H and O–H groups in total. The van der Waals surface area contributed by atoms with E-state index in [0.29, 0.717) is 32.5 Å². The quantitative estimate of drug-likeness (QED) is 0.698. The molecule has 1 aliphatic heterocycles. The van der Waals surface area contributed by atoms with E-state index in [-0.39, 0.29) is 23.9 Å². The lowest BCUT2D eigenvalue weighted by molar-refractivity contribution is -0.143. The van der Waals surface area contributed by atoms with Crippen LogP contribution in [0.5, 0.6) is 0 Å². The fourth-order valence-corrected chi connectivity index (χ4v) is 3.81. The van der Waals surface area contributed by atoms with Crippen LogP contribution in [0.2, 0.25) is 0 Å². The van der Waals surface area contributed by atoms with Gasteiger partial charge in [0.15, 0.2) is 0 Å². The molecule has 1 aliphatic rings. The van der Waals surface area contributed by atoms with Crippen LogP contribution in [0.15, 0.2) is 30.3 Å². The molecule has 172 valence electrons. The minimum absolute atomic E-state index is 0.0390. The van der Waals surface area contributed by atoms with E-state index >= 15 is 0 Å². The number of hydrogen-bond donors (Lipinski definition) is 2. The van der Waals surface area contributed by atoms with Crippen LogP contribution >= 0.6 is 0 Å². The van der Waals surface area contributed by atoms with Gasteiger partial charge >= 0.3 is 6.03 Å². The molecule has 7 nitrogen and oxygen atoms in total. The van der Waals surface area contributed by atoms with Gasteiger partial charge in [0, 0.05) is 44.1 Å². The minimum Gasteiger partial charge on any atom is -0.337 e. The first-order chi connectivity index (χ1) is 14.6. The van der Waals surface area contributed by atoms with Crippen LogP contribution in [-0.2, 0) is 16.0 Å². The van der Waals surface area contributed by atoms with Crippen LogP contribution in [0.4, 0.5) is 4.79 Å². The van der Waals surface area contributed by atoms with Gasteiger partial charge in [-0.25, -0.2) is 4.79 Å². The smallest absolute Gasteiger partial charge is 0.315 e. The molecule has 0 bridgehead atoms. The van der Waals surface area contributed by atoms with Crippen molar-refractivity contribution >= 4 is 17.8 Å². The zero-order chi connectivity index (χ0) is 23.0. The monoisotopic (exact) mass is 430 g/mol. The number of nitrogens with zero attached hydrogens (tertiary/aromatic N) is 2. The van der Waals surface area contributed by atoms with E-state index in [1.807, 2.05) is 62.9 Å². The van der Waals surface area contributed by atoms with Crippen LogP contribution in [-0.4, -0.2) is 64.9 Å². The molecule has 4 amide bonds. The molecule has 31 heavy (non-hydrogen) atoms. The maximum absolute atomic E-state index is 13.4. The Hall–Kier alpha value is -2.57. The molecule has 7 heteroatoms. The lowest BCUT2D eigenvalue weighted by Crippen LogP contribution is -2.60. The largest absolute Gasteiger partial charge is 0.337 e. The third-order valence-electron chi connectivity index (χ3n) is 5.38. The van der Waals surface area contributed by atoms with Crippen molar-refractivity contribution in [3.05, 3.63) is 35.9 Å². The van der Waals surface area contributed by atoms with Gasteiger partial charge in [0.05, 0.1) is 0 Å². The van der Waals surface area contributed by atoms with Gasteiger partial charge in [-0.1, -0.05) is 43.7 Å². The number of nitrogens with one attached hydrogen (secondary N) is 2. The van der Waals surface area contributed by atoms with Gasteiger partial charge in [-0.15, -0.1) is 0 Å². The molecule has 2 atom stereocenters. The van der Waals surface area contributed by atoms with Crippen molar-refractivity contribution in [2.75, 3.05) is 19.6 Å². The molecule has 0 unspecified atom stereocenters. The van der Waals surface area contributed by atoms with Gasteiger partial charge < -0.3 is 20.4 Å². The van der Waals surface area contributed by atoms with Crippen molar-refractivity contribution in [3.63, 3.8) is 0 Å². The topological polar surface area (TPSA) is 81.8 Å². The standard InChI is InChI=1S/C24H38N4O3/c1-6-7-13-21(29)28-15-14-27(17-18(28)2)22(30)20(16-19-11-9-8-10-12-19)25-23(31)26-24(3,4)5/h8-12,18,20H,6-7,13-17H2,1-5H3,(H2,25,26,31)/t18-,20-/m0/s1. The number of urea groups is 1. The van der Waals surface area contributed by atoms with Crippen LogP contribution < -0.4 is 10.6 Å². The maximum Gasteiger partial charge on any atom is 0.315 e. The summed E-state index contributed by atoms with van der Waals surface area (Å²) in [6, 6.07) is 8.62. The molecule has 0 aromatic heterocycles. The van der Waals surface area contributed by atoms with Gasteiger partial charge in [-0.2, -0.15) is 0 Å². The van der Waals surface area contributed by atoms with Crippen LogP contribution in [0, 0.1) is 0 Å². The van der Waals surface area contributed by atoms with Gasteiger partial charge in [-0.3, -0.25) is 9.59 Å². The number of piperazine rings is 1. The zero-order valence-electron chi connectivity index (χ0n) is 19.6. The summed E-state index contributed by atoms with van der Waals surface area (Å²) in [7, 11) is 0. The third kappa shape index (κ3) is 7.89. The third-order valence-corrected chi connectivity index (χ3v) is 5.38. The molecule has 0 saturated carbocycles. The van der Waals surface area contributed by atoms with Gasteiger partial charge in [0.1, 0.15) is 6.04 Å². The molecular weight excluding hydrogens is 392 g/mol. The Morgan fingerprint density at radius 2 is 1.81 bits per heavy atom. The van der Waals surface area contributed by atoms with Crippen LogP contribution in [0.1, 0.15) is 59.4 Å². The summed E-state index contributed by atoms with van der Waals surface area (Å²) in [6.07, 6.45) is 2.85. The van der Waals surface area contributed by atoms with Crippen molar-refractivity contribution < 1.29 is 14.4 Å². The Labute approximate surface area is 186 Å². The predicted molar refractivity (Wildman–Crippen MR) is 123 cm³/mol. The summed E-state index contributed by atoms with van der Waals surface area (Å²) in [4.78, 5) is 42.0. The number of rotatable bonds is 7.